The van der Waals surface area contributed by atoms with E-state index in [1.807, 2.05) is 18.3 Å². The van der Waals surface area contributed by atoms with Gasteiger partial charge in [0.05, 0.1) is 6.61 Å². The number of aliphatic hydroxyl groups is 1. The fourth-order valence-electron chi connectivity index (χ4n) is 0.995. The van der Waals surface area contributed by atoms with Crippen molar-refractivity contribution in [2.45, 2.75) is 0 Å². The largest absolute Gasteiger partial charge is 0.392 e. The van der Waals surface area contributed by atoms with Crippen molar-refractivity contribution in [2.24, 2.45) is 0 Å². The van der Waals surface area contributed by atoms with Crippen molar-refractivity contribution < 1.29 is 5.11 Å². The second-order valence-corrected chi connectivity index (χ2v) is 2.54. The molecule has 2 rings (SSSR count). The summed E-state index contributed by atoms with van der Waals surface area (Å²) in [5, 5.41) is 9.03. The van der Waals surface area contributed by atoms with Gasteiger partial charge in [-0.15, -0.1) is 6.58 Å². The van der Waals surface area contributed by atoms with Gasteiger partial charge in [0.15, 0.2) is 0 Å². The number of aromatic amines is 1. The molecule has 2 aromatic rings. The lowest BCUT2D eigenvalue weighted by molar-refractivity contribution is 0.343. The van der Waals surface area contributed by atoms with Gasteiger partial charge in [-0.2, -0.15) is 0 Å². The first-order valence-electron chi connectivity index (χ1n) is 4.12. The van der Waals surface area contributed by atoms with Gasteiger partial charge in [-0.1, -0.05) is 24.3 Å². The Bertz CT molecular complexity index is 335. The van der Waals surface area contributed by atoms with Gasteiger partial charge in [0, 0.05) is 11.7 Å². The van der Waals surface area contributed by atoms with Gasteiger partial charge in [-0.3, -0.25) is 0 Å². The minimum absolute atomic E-state index is 0.0833. The third-order valence-corrected chi connectivity index (χ3v) is 1.59. The maximum Gasteiger partial charge on any atom is 0.0609 e. The predicted octanol–water partition coefficient (Wildman–Crippen LogP) is 2.33. The number of para-hydroxylation sites is 1. The monoisotopic (exact) mass is 175 g/mol. The molecule has 13 heavy (non-hydrogen) atoms. The SMILES string of the molecule is C=CCO.c1ccc2[nH]ccc2c1. The standard InChI is InChI=1S/C8H7N.C3H6O/c1-2-4-8-7(3-1)5-6-9-8;1-2-3-4/h1-6,9H;2,4H,1,3H2. The maximum atomic E-state index is 7.76. The normalized spacial score (nSPS) is 9.00. The third kappa shape index (κ3) is 2.76. The Morgan fingerprint density at radius 1 is 1.31 bits per heavy atom. The molecule has 2 nitrogen and oxygen atoms in total. The van der Waals surface area contributed by atoms with Gasteiger partial charge >= 0.3 is 0 Å². The van der Waals surface area contributed by atoms with Crippen LogP contribution in [0, 0.1) is 0 Å². The van der Waals surface area contributed by atoms with E-state index >= 15 is 0 Å². The zero-order chi connectivity index (χ0) is 9.52. The van der Waals surface area contributed by atoms with Crippen LogP contribution in [0.25, 0.3) is 10.9 Å². The highest BCUT2D eigenvalue weighted by Crippen LogP contribution is 2.09. The van der Waals surface area contributed by atoms with Crippen molar-refractivity contribution >= 4 is 10.9 Å². The first kappa shape index (κ1) is 9.55. The van der Waals surface area contributed by atoms with Crippen LogP contribution in [0.15, 0.2) is 49.2 Å². The molecule has 0 aliphatic carbocycles. The molecular formula is C11H13NO. The van der Waals surface area contributed by atoms with Crippen molar-refractivity contribution in [3.05, 3.63) is 49.2 Å². The smallest absolute Gasteiger partial charge is 0.0609 e. The molecule has 0 fully saturated rings. The summed E-state index contributed by atoms with van der Waals surface area (Å²) in [7, 11) is 0. The number of H-pyrrole nitrogens is 1. The summed E-state index contributed by atoms with van der Waals surface area (Å²) in [5.74, 6) is 0. The highest BCUT2D eigenvalue weighted by molar-refractivity contribution is 5.78. The molecule has 0 saturated carbocycles. The summed E-state index contributed by atoms with van der Waals surface area (Å²) in [6.07, 6.45) is 3.38. The zero-order valence-corrected chi connectivity index (χ0v) is 7.40. The first-order valence-corrected chi connectivity index (χ1v) is 4.12. The van der Waals surface area contributed by atoms with Crippen molar-refractivity contribution in [3.63, 3.8) is 0 Å². The quantitative estimate of drug-likeness (QED) is 0.641. The van der Waals surface area contributed by atoms with Crippen molar-refractivity contribution in [1.82, 2.24) is 4.98 Å². The van der Waals surface area contributed by atoms with E-state index in [1.54, 1.807) is 0 Å². The van der Waals surface area contributed by atoms with Crippen LogP contribution in [0.2, 0.25) is 0 Å². The Morgan fingerprint density at radius 3 is 2.62 bits per heavy atom. The molecule has 68 valence electrons. The molecule has 2 N–H and O–H groups in total. The Morgan fingerprint density at radius 2 is 2.00 bits per heavy atom. The van der Waals surface area contributed by atoms with Crippen molar-refractivity contribution in [1.29, 1.82) is 0 Å². The van der Waals surface area contributed by atoms with Crippen LogP contribution in [0.5, 0.6) is 0 Å². The highest BCUT2D eigenvalue weighted by atomic mass is 16.2. The summed E-state index contributed by atoms with van der Waals surface area (Å²) in [4.78, 5) is 3.12. The lowest BCUT2D eigenvalue weighted by Crippen LogP contribution is -1.62. The van der Waals surface area contributed by atoms with Crippen LogP contribution in [0.1, 0.15) is 0 Å². The Kier molecular flexibility index (Phi) is 3.79. The number of hydrogen-bond donors (Lipinski definition) is 2. The molecular weight excluding hydrogens is 162 g/mol. The Hall–Kier alpha value is -1.54. The molecule has 0 aliphatic heterocycles. The molecule has 2 heteroatoms. The molecule has 1 heterocycles. The lowest BCUT2D eigenvalue weighted by Gasteiger charge is -1.83. The minimum Gasteiger partial charge on any atom is -0.392 e. The van der Waals surface area contributed by atoms with E-state index in [1.165, 1.54) is 17.0 Å². The molecule has 1 aromatic heterocycles. The zero-order valence-electron chi connectivity index (χ0n) is 7.40. The first-order chi connectivity index (χ1) is 6.38. The Balaban J connectivity index is 0.000000184. The fourth-order valence-corrected chi connectivity index (χ4v) is 0.995. The average Bonchev–Trinajstić information content (AvgIpc) is 2.66. The maximum absolute atomic E-state index is 7.76. The number of aromatic nitrogens is 1. The summed E-state index contributed by atoms with van der Waals surface area (Å²) < 4.78 is 0. The average molecular weight is 175 g/mol. The molecule has 0 saturated heterocycles. The van der Waals surface area contributed by atoms with Gasteiger partial charge < -0.3 is 10.1 Å². The van der Waals surface area contributed by atoms with Crippen LogP contribution in [-0.4, -0.2) is 16.7 Å². The fraction of sp³-hybridized carbons (Fsp3) is 0.0909. The number of hydrogen-bond acceptors (Lipinski definition) is 1. The second-order valence-electron chi connectivity index (χ2n) is 2.54. The van der Waals surface area contributed by atoms with Crippen LogP contribution < -0.4 is 0 Å². The van der Waals surface area contributed by atoms with Crippen molar-refractivity contribution in [3.8, 4) is 0 Å². The van der Waals surface area contributed by atoms with Crippen LogP contribution >= 0.6 is 0 Å². The van der Waals surface area contributed by atoms with Crippen molar-refractivity contribution in [2.75, 3.05) is 6.61 Å². The highest BCUT2D eigenvalue weighted by Gasteiger charge is 1.86. The van der Waals surface area contributed by atoms with E-state index < -0.39 is 0 Å². The van der Waals surface area contributed by atoms with E-state index in [4.69, 9.17) is 5.11 Å². The predicted molar refractivity (Wildman–Crippen MR) is 55.6 cm³/mol. The third-order valence-electron chi connectivity index (χ3n) is 1.59. The van der Waals surface area contributed by atoms with Gasteiger partial charge in [0.1, 0.15) is 0 Å². The molecule has 0 spiro atoms. The summed E-state index contributed by atoms with van der Waals surface area (Å²) >= 11 is 0. The molecule has 0 atom stereocenters. The molecule has 0 unspecified atom stereocenters. The second kappa shape index (κ2) is 5.17. The summed E-state index contributed by atoms with van der Waals surface area (Å²) in [6.45, 7) is 3.31. The van der Waals surface area contributed by atoms with Gasteiger partial charge in [0.25, 0.3) is 0 Å². The molecule has 1 aromatic carbocycles. The van der Waals surface area contributed by atoms with E-state index in [9.17, 15) is 0 Å². The minimum atomic E-state index is 0.0833. The van der Waals surface area contributed by atoms with Gasteiger partial charge in [0.2, 0.25) is 0 Å². The van der Waals surface area contributed by atoms with E-state index in [2.05, 4.69) is 29.8 Å². The number of nitrogens with one attached hydrogen (secondary N) is 1. The van der Waals surface area contributed by atoms with Gasteiger partial charge in [-0.25, -0.2) is 0 Å². The summed E-state index contributed by atoms with van der Waals surface area (Å²) in [5.41, 5.74) is 1.21. The van der Waals surface area contributed by atoms with Crippen LogP contribution in [-0.2, 0) is 0 Å². The van der Waals surface area contributed by atoms with E-state index in [0.29, 0.717) is 0 Å². The molecule has 0 radical (unpaired) electrons. The van der Waals surface area contributed by atoms with Crippen LogP contribution in [0.3, 0.4) is 0 Å². The number of aliphatic hydroxyl groups excluding tert-OH is 1. The number of benzene rings is 1. The lowest BCUT2D eigenvalue weighted by atomic mass is 10.3. The molecule has 0 amide bonds. The number of fused-ring (bicyclic) bond motifs is 1. The van der Waals surface area contributed by atoms with Crippen LogP contribution in [0.4, 0.5) is 0 Å². The molecule has 0 aliphatic rings. The van der Waals surface area contributed by atoms with Gasteiger partial charge in [-0.05, 0) is 17.5 Å². The van der Waals surface area contributed by atoms with E-state index in [0.717, 1.165) is 0 Å². The number of rotatable bonds is 1. The molecule has 0 bridgehead atoms. The Labute approximate surface area is 77.5 Å². The summed E-state index contributed by atoms with van der Waals surface area (Å²) in [6, 6.07) is 10.3. The topological polar surface area (TPSA) is 36.0 Å². The van der Waals surface area contributed by atoms with E-state index in [-0.39, 0.29) is 6.61 Å².